The molecule has 0 aromatic heterocycles. The highest BCUT2D eigenvalue weighted by Gasteiger charge is 2.17. The minimum Gasteiger partial charge on any atom is -0.453 e. The Hall–Kier alpha value is -1.98. The summed E-state index contributed by atoms with van der Waals surface area (Å²) in [5, 5.41) is 3.47. The van der Waals surface area contributed by atoms with Gasteiger partial charge in [-0.2, -0.15) is 0 Å². The topological polar surface area (TPSA) is 55.4 Å². The van der Waals surface area contributed by atoms with Gasteiger partial charge in [0.2, 0.25) is 0 Å². The number of aryl methyl sites for hydroxylation is 1. The Balaban J connectivity index is 1.67. The number of carbonyl (C=O) groups excluding carboxylic acids is 2. The Morgan fingerprint density at radius 2 is 1.78 bits per heavy atom. The molecule has 1 N–H and O–H groups in total. The van der Waals surface area contributed by atoms with E-state index < -0.39 is 6.10 Å². The van der Waals surface area contributed by atoms with Crippen LogP contribution >= 0.6 is 23.4 Å². The predicted molar refractivity (Wildman–Crippen MR) is 111 cm³/mol. The van der Waals surface area contributed by atoms with Crippen LogP contribution in [0.3, 0.4) is 0 Å². The summed E-state index contributed by atoms with van der Waals surface area (Å²) in [7, 11) is 0. The molecule has 0 unspecified atom stereocenters. The highest BCUT2D eigenvalue weighted by Crippen LogP contribution is 2.21. The molecule has 0 saturated carbocycles. The van der Waals surface area contributed by atoms with Gasteiger partial charge in [0.25, 0.3) is 5.91 Å². The number of amides is 1. The number of thioether (sulfide) groups is 1. The number of nitrogens with one attached hydrogen (secondary N) is 1. The lowest BCUT2D eigenvalue weighted by Crippen LogP contribution is -2.29. The summed E-state index contributed by atoms with van der Waals surface area (Å²) in [4.78, 5) is 25.2. The van der Waals surface area contributed by atoms with Crippen molar-refractivity contribution in [3.8, 4) is 0 Å². The van der Waals surface area contributed by atoms with Crippen molar-refractivity contribution in [3.05, 3.63) is 59.1 Å². The van der Waals surface area contributed by atoms with E-state index in [1.165, 1.54) is 5.56 Å². The molecule has 4 nitrogen and oxygen atoms in total. The van der Waals surface area contributed by atoms with Gasteiger partial charge in [-0.25, -0.2) is 0 Å². The lowest BCUT2D eigenvalue weighted by Gasteiger charge is -2.13. The van der Waals surface area contributed by atoms with Gasteiger partial charge >= 0.3 is 5.97 Å². The zero-order valence-corrected chi connectivity index (χ0v) is 17.1. The second-order valence-electron chi connectivity index (χ2n) is 6.08. The van der Waals surface area contributed by atoms with Crippen LogP contribution < -0.4 is 5.32 Å². The zero-order valence-electron chi connectivity index (χ0n) is 15.5. The SMILES string of the molecule is CCc1ccc(NC(=O)[C@@H](C)OC(=O)CCCSc2ccc(Cl)cc2)cc1. The van der Waals surface area contributed by atoms with E-state index in [0.717, 1.165) is 17.1 Å². The van der Waals surface area contributed by atoms with Crippen LogP contribution in [0.5, 0.6) is 0 Å². The molecule has 2 rings (SSSR count). The average Bonchev–Trinajstić information content (AvgIpc) is 2.67. The normalized spacial score (nSPS) is 11.7. The second-order valence-corrected chi connectivity index (χ2v) is 7.68. The largest absolute Gasteiger partial charge is 0.453 e. The second kappa shape index (κ2) is 11.0. The molecule has 0 radical (unpaired) electrons. The summed E-state index contributed by atoms with van der Waals surface area (Å²) < 4.78 is 5.22. The van der Waals surface area contributed by atoms with E-state index in [9.17, 15) is 9.59 Å². The Morgan fingerprint density at radius 1 is 1.11 bits per heavy atom. The van der Waals surface area contributed by atoms with Crippen LogP contribution in [-0.2, 0) is 20.7 Å². The van der Waals surface area contributed by atoms with E-state index in [0.29, 0.717) is 17.1 Å². The summed E-state index contributed by atoms with van der Waals surface area (Å²) in [6, 6.07) is 15.2. The standard InChI is InChI=1S/C21H24ClNO3S/c1-3-16-6-10-18(11-7-16)23-21(25)15(2)26-20(24)5-4-14-27-19-12-8-17(22)9-13-19/h6-13,15H,3-5,14H2,1-2H3,(H,23,25)/t15-/m1/s1. The predicted octanol–water partition coefficient (Wildman–Crippen LogP) is 5.35. The number of hydrogen-bond acceptors (Lipinski definition) is 4. The van der Waals surface area contributed by atoms with Crippen LogP contribution in [0.15, 0.2) is 53.4 Å². The van der Waals surface area contributed by atoms with E-state index in [1.54, 1.807) is 18.7 Å². The first-order chi connectivity index (χ1) is 13.0. The summed E-state index contributed by atoms with van der Waals surface area (Å²) in [6.45, 7) is 3.65. The van der Waals surface area contributed by atoms with Gasteiger partial charge in [0.15, 0.2) is 6.10 Å². The number of ether oxygens (including phenoxy) is 1. The Bertz CT molecular complexity index is 747. The fraction of sp³-hybridized carbons (Fsp3) is 0.333. The molecule has 2 aromatic carbocycles. The van der Waals surface area contributed by atoms with E-state index >= 15 is 0 Å². The molecule has 0 aliphatic heterocycles. The van der Waals surface area contributed by atoms with Crippen molar-refractivity contribution >= 4 is 40.9 Å². The molecule has 0 aliphatic rings. The quantitative estimate of drug-likeness (QED) is 0.347. The molecular weight excluding hydrogens is 382 g/mol. The average molecular weight is 406 g/mol. The van der Waals surface area contributed by atoms with Crippen LogP contribution in [0.25, 0.3) is 0 Å². The Morgan fingerprint density at radius 3 is 2.41 bits per heavy atom. The third kappa shape index (κ3) is 7.65. The summed E-state index contributed by atoms with van der Waals surface area (Å²) in [5.41, 5.74) is 1.89. The molecule has 0 saturated heterocycles. The maximum Gasteiger partial charge on any atom is 0.306 e. The minimum absolute atomic E-state index is 0.281. The summed E-state index contributed by atoms with van der Waals surface area (Å²) >= 11 is 7.51. The van der Waals surface area contributed by atoms with Crippen molar-refractivity contribution in [2.45, 2.75) is 44.1 Å². The first-order valence-electron chi connectivity index (χ1n) is 8.95. The number of halogens is 1. The number of esters is 1. The fourth-order valence-electron chi connectivity index (χ4n) is 2.31. The molecule has 1 atom stereocenters. The lowest BCUT2D eigenvalue weighted by atomic mass is 10.1. The van der Waals surface area contributed by atoms with Gasteiger partial charge in [0.05, 0.1) is 0 Å². The van der Waals surface area contributed by atoms with Crippen molar-refractivity contribution in [2.75, 3.05) is 11.1 Å². The highest BCUT2D eigenvalue weighted by atomic mass is 35.5. The number of anilines is 1. The molecule has 2 aromatic rings. The van der Waals surface area contributed by atoms with Crippen LogP contribution in [0, 0.1) is 0 Å². The van der Waals surface area contributed by atoms with Crippen molar-refractivity contribution in [1.82, 2.24) is 0 Å². The van der Waals surface area contributed by atoms with Gasteiger partial charge in [-0.1, -0.05) is 30.7 Å². The first kappa shape index (κ1) is 21.3. The van der Waals surface area contributed by atoms with Crippen molar-refractivity contribution in [1.29, 1.82) is 0 Å². The van der Waals surface area contributed by atoms with Crippen molar-refractivity contribution < 1.29 is 14.3 Å². The van der Waals surface area contributed by atoms with E-state index in [-0.39, 0.29) is 18.3 Å². The molecule has 144 valence electrons. The number of rotatable bonds is 9. The fourth-order valence-corrected chi connectivity index (χ4v) is 3.29. The lowest BCUT2D eigenvalue weighted by molar-refractivity contribution is -0.153. The van der Waals surface area contributed by atoms with E-state index in [4.69, 9.17) is 16.3 Å². The van der Waals surface area contributed by atoms with Crippen LogP contribution in [-0.4, -0.2) is 23.7 Å². The van der Waals surface area contributed by atoms with Crippen LogP contribution in [0.4, 0.5) is 5.69 Å². The zero-order chi connectivity index (χ0) is 19.6. The Labute approximate surface area is 169 Å². The number of carbonyl (C=O) groups is 2. The van der Waals surface area contributed by atoms with Crippen LogP contribution in [0.2, 0.25) is 5.02 Å². The smallest absolute Gasteiger partial charge is 0.306 e. The first-order valence-corrected chi connectivity index (χ1v) is 10.3. The molecule has 27 heavy (non-hydrogen) atoms. The van der Waals surface area contributed by atoms with E-state index in [1.807, 2.05) is 48.5 Å². The molecule has 0 bridgehead atoms. The summed E-state index contributed by atoms with van der Waals surface area (Å²) in [5.74, 6) is 0.0972. The summed E-state index contributed by atoms with van der Waals surface area (Å²) in [6.07, 6.45) is 1.08. The molecule has 0 fully saturated rings. The molecule has 0 spiro atoms. The number of benzene rings is 2. The molecule has 6 heteroatoms. The van der Waals surface area contributed by atoms with Crippen molar-refractivity contribution in [3.63, 3.8) is 0 Å². The highest BCUT2D eigenvalue weighted by molar-refractivity contribution is 7.99. The minimum atomic E-state index is -0.827. The Kier molecular flexibility index (Phi) is 8.69. The maximum atomic E-state index is 12.1. The van der Waals surface area contributed by atoms with Gasteiger partial charge in [-0.05, 0) is 67.5 Å². The molecular formula is C21H24ClNO3S. The molecule has 0 heterocycles. The van der Waals surface area contributed by atoms with Crippen molar-refractivity contribution in [2.24, 2.45) is 0 Å². The third-order valence-corrected chi connectivity index (χ3v) is 5.27. The monoisotopic (exact) mass is 405 g/mol. The molecule has 1 amide bonds. The van der Waals surface area contributed by atoms with E-state index in [2.05, 4.69) is 12.2 Å². The third-order valence-electron chi connectivity index (χ3n) is 3.91. The van der Waals surface area contributed by atoms with Gasteiger partial charge < -0.3 is 10.1 Å². The molecule has 0 aliphatic carbocycles. The van der Waals surface area contributed by atoms with Gasteiger partial charge in [0, 0.05) is 22.0 Å². The van der Waals surface area contributed by atoms with Crippen LogP contribution in [0.1, 0.15) is 32.3 Å². The van der Waals surface area contributed by atoms with Gasteiger partial charge in [-0.3, -0.25) is 9.59 Å². The van der Waals surface area contributed by atoms with Gasteiger partial charge in [0.1, 0.15) is 0 Å². The number of hydrogen-bond donors (Lipinski definition) is 1. The maximum absolute atomic E-state index is 12.1. The van der Waals surface area contributed by atoms with Gasteiger partial charge in [-0.15, -0.1) is 11.8 Å².